The van der Waals surface area contributed by atoms with Crippen LogP contribution < -0.4 is 15.0 Å². The molecule has 0 radical (unpaired) electrons. The van der Waals surface area contributed by atoms with Crippen LogP contribution in [0, 0.1) is 0 Å². The summed E-state index contributed by atoms with van der Waals surface area (Å²) in [5.41, 5.74) is 0.717. The second-order valence-electron chi connectivity index (χ2n) is 6.49. The largest absolute Gasteiger partial charge is 0.495 e. The van der Waals surface area contributed by atoms with E-state index in [1.165, 1.54) is 37.5 Å². The maximum Gasteiger partial charge on any atom is 0.335 e. The van der Waals surface area contributed by atoms with Gasteiger partial charge in [-0.25, -0.2) is 9.69 Å². The molecule has 1 saturated heterocycles. The van der Waals surface area contributed by atoms with Gasteiger partial charge in [0.1, 0.15) is 22.8 Å². The summed E-state index contributed by atoms with van der Waals surface area (Å²) in [6.45, 7) is 0. The smallest absolute Gasteiger partial charge is 0.335 e. The Morgan fingerprint density at radius 3 is 2.42 bits per heavy atom. The molecule has 0 unspecified atom stereocenters. The fraction of sp³-hybridized carbons (Fsp3) is 0.0455. The Bertz CT molecular complexity index is 1230. The van der Waals surface area contributed by atoms with E-state index in [9.17, 15) is 14.4 Å². The highest BCUT2D eigenvalue weighted by Crippen LogP contribution is 2.32. The molecule has 1 aliphatic rings. The van der Waals surface area contributed by atoms with Crippen LogP contribution in [0.2, 0.25) is 10.0 Å². The highest BCUT2D eigenvalue weighted by Gasteiger charge is 2.37. The number of barbiturate groups is 1. The van der Waals surface area contributed by atoms with E-state index in [2.05, 4.69) is 5.32 Å². The molecule has 0 atom stereocenters. The van der Waals surface area contributed by atoms with E-state index in [1.807, 2.05) is 0 Å². The van der Waals surface area contributed by atoms with E-state index in [4.69, 9.17) is 32.4 Å². The number of amides is 4. The number of carbonyl (C=O) groups is 3. The predicted molar refractivity (Wildman–Crippen MR) is 116 cm³/mol. The molecule has 2 heterocycles. The summed E-state index contributed by atoms with van der Waals surface area (Å²) in [6, 6.07) is 13.7. The Kier molecular flexibility index (Phi) is 5.54. The molecule has 3 aromatic rings. The van der Waals surface area contributed by atoms with Crippen LogP contribution in [-0.2, 0) is 9.59 Å². The molecule has 0 saturated carbocycles. The minimum absolute atomic E-state index is 0.247. The lowest BCUT2D eigenvalue weighted by molar-refractivity contribution is -0.122. The minimum Gasteiger partial charge on any atom is -0.495 e. The molecule has 1 N–H and O–H groups in total. The predicted octanol–water partition coefficient (Wildman–Crippen LogP) is 4.93. The number of nitrogens with zero attached hydrogens (tertiary/aromatic N) is 1. The maximum absolute atomic E-state index is 12.9. The Balaban J connectivity index is 1.65. The first-order valence-electron chi connectivity index (χ1n) is 8.98. The van der Waals surface area contributed by atoms with Crippen molar-refractivity contribution in [2.24, 2.45) is 0 Å². The first kappa shape index (κ1) is 20.7. The fourth-order valence-electron chi connectivity index (χ4n) is 3.03. The molecule has 1 aromatic heterocycles. The van der Waals surface area contributed by atoms with Crippen LogP contribution in [0.1, 0.15) is 5.76 Å². The van der Waals surface area contributed by atoms with Gasteiger partial charge in [0, 0.05) is 10.6 Å². The highest BCUT2D eigenvalue weighted by molar-refractivity contribution is 6.39. The van der Waals surface area contributed by atoms with Crippen molar-refractivity contribution in [2.75, 3.05) is 12.0 Å². The number of nitrogens with one attached hydrogen (secondary N) is 1. The average Bonchev–Trinajstić information content (AvgIpc) is 3.21. The summed E-state index contributed by atoms with van der Waals surface area (Å²) in [7, 11) is 1.52. The van der Waals surface area contributed by atoms with Crippen molar-refractivity contribution in [3.05, 3.63) is 76.0 Å². The fourth-order valence-corrected chi connectivity index (χ4v) is 3.41. The topological polar surface area (TPSA) is 88.9 Å². The van der Waals surface area contributed by atoms with E-state index in [-0.39, 0.29) is 17.0 Å². The van der Waals surface area contributed by atoms with Crippen molar-refractivity contribution in [1.82, 2.24) is 5.32 Å². The first-order valence-corrected chi connectivity index (χ1v) is 9.74. The number of hydrogen-bond acceptors (Lipinski definition) is 5. The molecule has 156 valence electrons. The van der Waals surface area contributed by atoms with Gasteiger partial charge in [-0.05, 0) is 60.7 Å². The Hall–Kier alpha value is -3.55. The second kappa shape index (κ2) is 8.29. The van der Waals surface area contributed by atoms with E-state index in [0.29, 0.717) is 27.1 Å². The Morgan fingerprint density at radius 2 is 1.74 bits per heavy atom. The van der Waals surface area contributed by atoms with Gasteiger partial charge in [-0.3, -0.25) is 14.9 Å². The van der Waals surface area contributed by atoms with Gasteiger partial charge >= 0.3 is 6.03 Å². The van der Waals surface area contributed by atoms with Gasteiger partial charge in [-0.15, -0.1) is 0 Å². The lowest BCUT2D eigenvalue weighted by Crippen LogP contribution is -2.54. The highest BCUT2D eigenvalue weighted by atomic mass is 35.5. The molecular weight excluding hydrogens is 443 g/mol. The van der Waals surface area contributed by atoms with Gasteiger partial charge in [0.2, 0.25) is 0 Å². The van der Waals surface area contributed by atoms with Crippen molar-refractivity contribution >= 4 is 52.8 Å². The molecule has 0 spiro atoms. The second-order valence-corrected chi connectivity index (χ2v) is 7.33. The maximum atomic E-state index is 12.9. The molecule has 1 aliphatic heterocycles. The summed E-state index contributed by atoms with van der Waals surface area (Å²) >= 11 is 12.0. The monoisotopic (exact) mass is 456 g/mol. The van der Waals surface area contributed by atoms with Crippen LogP contribution in [-0.4, -0.2) is 25.0 Å². The van der Waals surface area contributed by atoms with Gasteiger partial charge in [-0.2, -0.15) is 0 Å². The SMILES string of the molecule is COc1ccc(-c2ccc(/C=C3\C(=O)NC(=O)N(c4ccc(Cl)cc4)C3=O)o2)cc1Cl. The summed E-state index contributed by atoms with van der Waals surface area (Å²) in [6.07, 6.45) is 1.28. The third kappa shape index (κ3) is 4.05. The van der Waals surface area contributed by atoms with Gasteiger partial charge in [0.25, 0.3) is 11.8 Å². The molecule has 0 aliphatic carbocycles. The molecule has 4 rings (SSSR count). The van der Waals surface area contributed by atoms with Gasteiger partial charge < -0.3 is 9.15 Å². The number of benzene rings is 2. The van der Waals surface area contributed by atoms with Crippen LogP contribution in [0.5, 0.6) is 5.75 Å². The number of imide groups is 2. The zero-order valence-corrected chi connectivity index (χ0v) is 17.5. The Labute approximate surface area is 186 Å². The molecule has 1 fully saturated rings. The van der Waals surface area contributed by atoms with Crippen molar-refractivity contribution in [3.63, 3.8) is 0 Å². The lowest BCUT2D eigenvalue weighted by Gasteiger charge is -2.26. The summed E-state index contributed by atoms with van der Waals surface area (Å²) < 4.78 is 10.9. The molecule has 4 amide bonds. The van der Waals surface area contributed by atoms with E-state index >= 15 is 0 Å². The minimum atomic E-state index is -0.845. The molecule has 0 bridgehead atoms. The van der Waals surface area contributed by atoms with Crippen molar-refractivity contribution in [3.8, 4) is 17.1 Å². The third-order valence-corrected chi connectivity index (χ3v) is 5.08. The zero-order chi connectivity index (χ0) is 22.1. The average molecular weight is 457 g/mol. The van der Waals surface area contributed by atoms with Crippen LogP contribution in [0.15, 0.2) is 64.6 Å². The van der Waals surface area contributed by atoms with Gasteiger partial charge in [0.05, 0.1) is 17.8 Å². The number of rotatable bonds is 4. The normalized spacial score (nSPS) is 15.4. The number of halogens is 2. The third-order valence-electron chi connectivity index (χ3n) is 4.54. The van der Waals surface area contributed by atoms with Crippen LogP contribution >= 0.6 is 23.2 Å². The number of hydrogen-bond donors (Lipinski definition) is 1. The molecule has 2 aromatic carbocycles. The van der Waals surface area contributed by atoms with Crippen molar-refractivity contribution in [2.45, 2.75) is 0 Å². The number of urea groups is 1. The van der Waals surface area contributed by atoms with Crippen molar-refractivity contribution < 1.29 is 23.5 Å². The summed E-state index contributed by atoms with van der Waals surface area (Å²) in [5, 5.41) is 3.01. The molecule has 9 heteroatoms. The zero-order valence-electron chi connectivity index (χ0n) is 16.0. The molecule has 7 nitrogen and oxygen atoms in total. The number of methoxy groups -OCH3 is 1. The number of ether oxygens (including phenoxy) is 1. The van der Waals surface area contributed by atoms with E-state index in [1.54, 1.807) is 30.3 Å². The number of anilines is 1. The number of carbonyl (C=O) groups excluding carboxylic acids is 3. The lowest BCUT2D eigenvalue weighted by atomic mass is 10.1. The first-order chi connectivity index (χ1) is 14.9. The summed E-state index contributed by atoms with van der Waals surface area (Å²) in [5.74, 6) is -0.334. The van der Waals surface area contributed by atoms with Crippen molar-refractivity contribution in [1.29, 1.82) is 0 Å². The molecular formula is C22H14Cl2N2O5. The van der Waals surface area contributed by atoms with Crippen LogP contribution in [0.25, 0.3) is 17.4 Å². The van der Waals surface area contributed by atoms with Gasteiger partial charge in [0.15, 0.2) is 0 Å². The summed E-state index contributed by atoms with van der Waals surface area (Å²) in [4.78, 5) is 38.3. The van der Waals surface area contributed by atoms with Crippen LogP contribution in [0.3, 0.4) is 0 Å². The van der Waals surface area contributed by atoms with E-state index < -0.39 is 17.8 Å². The van der Waals surface area contributed by atoms with Gasteiger partial charge in [-0.1, -0.05) is 23.2 Å². The number of furan rings is 1. The quantitative estimate of drug-likeness (QED) is 0.444. The van der Waals surface area contributed by atoms with E-state index in [0.717, 1.165) is 4.90 Å². The standard InChI is InChI=1S/C22H14Cl2N2O5/c1-30-19-8-2-12(10-17(19)24)18-9-7-15(31-18)11-16-20(27)25-22(29)26(21(16)28)14-5-3-13(23)4-6-14/h2-11H,1H3,(H,25,27,29)/b16-11+. The Morgan fingerprint density at radius 1 is 1.00 bits per heavy atom. The van der Waals surface area contributed by atoms with Crippen LogP contribution in [0.4, 0.5) is 10.5 Å². The molecule has 31 heavy (non-hydrogen) atoms.